The molecule has 0 radical (unpaired) electrons. The molecule has 3 amide bonds. The van der Waals surface area contributed by atoms with Crippen LogP contribution in [0.3, 0.4) is 0 Å². The standard InChI is InChI=1S/C26H43N3O5/c1-9-12-18(5)27-23(31)22(19-13-15-20(30)16-14-19)29(11-3)24(32)21(17(4)10-2)28-25(33)34-26(6,7)8/h13-18,21-22,30H,9-12H2,1-8H3,(H,27,31)(H,28,33). The van der Waals surface area contributed by atoms with Crippen LogP contribution in [0.2, 0.25) is 0 Å². The molecule has 0 fully saturated rings. The van der Waals surface area contributed by atoms with Crippen LogP contribution >= 0.6 is 0 Å². The second-order valence-electron chi connectivity index (χ2n) is 9.83. The van der Waals surface area contributed by atoms with Crippen LogP contribution in [0.1, 0.15) is 86.3 Å². The number of rotatable bonds is 11. The summed E-state index contributed by atoms with van der Waals surface area (Å²) in [6.07, 6.45) is 1.69. The van der Waals surface area contributed by atoms with Crippen LogP contribution in [0.25, 0.3) is 0 Å². The molecule has 4 unspecified atom stereocenters. The number of nitrogens with one attached hydrogen (secondary N) is 2. The third kappa shape index (κ3) is 8.88. The summed E-state index contributed by atoms with van der Waals surface area (Å²) < 4.78 is 5.38. The van der Waals surface area contributed by atoms with Crippen LogP contribution < -0.4 is 10.6 Å². The van der Waals surface area contributed by atoms with Gasteiger partial charge in [-0.2, -0.15) is 0 Å². The Labute approximate surface area is 204 Å². The van der Waals surface area contributed by atoms with Crippen molar-refractivity contribution in [3.8, 4) is 5.75 Å². The number of hydrogen-bond donors (Lipinski definition) is 3. The maximum absolute atomic E-state index is 13.8. The normalized spacial score (nSPS) is 14.9. The van der Waals surface area contributed by atoms with E-state index in [0.29, 0.717) is 12.0 Å². The third-order valence-electron chi connectivity index (χ3n) is 5.65. The number of aromatic hydroxyl groups is 1. The Morgan fingerprint density at radius 3 is 2.09 bits per heavy atom. The largest absolute Gasteiger partial charge is 0.508 e. The first-order chi connectivity index (χ1) is 15.8. The topological polar surface area (TPSA) is 108 Å². The molecule has 0 bridgehead atoms. The van der Waals surface area contributed by atoms with E-state index >= 15 is 0 Å². The highest BCUT2D eigenvalue weighted by Gasteiger charge is 2.37. The predicted octanol–water partition coefficient (Wildman–Crippen LogP) is 4.53. The maximum atomic E-state index is 13.8. The van der Waals surface area contributed by atoms with Gasteiger partial charge in [-0.3, -0.25) is 9.59 Å². The quantitative estimate of drug-likeness (QED) is 0.434. The zero-order chi connectivity index (χ0) is 26.1. The molecule has 3 N–H and O–H groups in total. The van der Waals surface area contributed by atoms with Crippen molar-refractivity contribution >= 4 is 17.9 Å². The molecule has 1 aromatic carbocycles. The van der Waals surface area contributed by atoms with Crippen LogP contribution in [-0.2, 0) is 14.3 Å². The lowest BCUT2D eigenvalue weighted by Crippen LogP contribution is -2.55. The van der Waals surface area contributed by atoms with Gasteiger partial charge in [-0.15, -0.1) is 0 Å². The highest BCUT2D eigenvalue weighted by molar-refractivity contribution is 5.92. The third-order valence-corrected chi connectivity index (χ3v) is 5.65. The van der Waals surface area contributed by atoms with Crippen molar-refractivity contribution in [1.29, 1.82) is 0 Å². The van der Waals surface area contributed by atoms with Gasteiger partial charge in [0, 0.05) is 12.6 Å². The van der Waals surface area contributed by atoms with E-state index in [1.807, 2.05) is 27.7 Å². The summed E-state index contributed by atoms with van der Waals surface area (Å²) in [5.74, 6) is -0.779. The lowest BCUT2D eigenvalue weighted by molar-refractivity contribution is -0.143. The summed E-state index contributed by atoms with van der Waals surface area (Å²) in [5.41, 5.74) is -0.129. The molecule has 1 aromatic rings. The van der Waals surface area contributed by atoms with Crippen LogP contribution in [0.5, 0.6) is 5.75 Å². The molecule has 0 aliphatic rings. The van der Waals surface area contributed by atoms with Crippen LogP contribution in [0.15, 0.2) is 24.3 Å². The van der Waals surface area contributed by atoms with E-state index in [1.165, 1.54) is 17.0 Å². The Kier molecular flexibility index (Phi) is 11.4. The minimum Gasteiger partial charge on any atom is -0.508 e. The zero-order valence-corrected chi connectivity index (χ0v) is 22.0. The van der Waals surface area contributed by atoms with E-state index in [9.17, 15) is 19.5 Å². The van der Waals surface area contributed by atoms with E-state index < -0.39 is 23.8 Å². The van der Waals surface area contributed by atoms with Crippen molar-refractivity contribution in [2.75, 3.05) is 6.54 Å². The van der Waals surface area contributed by atoms with E-state index in [4.69, 9.17) is 4.74 Å². The SMILES string of the molecule is CCCC(C)NC(=O)C(c1ccc(O)cc1)N(CC)C(=O)C(NC(=O)OC(C)(C)C)C(C)CC. The molecule has 34 heavy (non-hydrogen) atoms. The molecule has 8 nitrogen and oxygen atoms in total. The van der Waals surface area contributed by atoms with Crippen LogP contribution in [0, 0.1) is 5.92 Å². The minimum absolute atomic E-state index is 0.0591. The molecule has 1 rings (SSSR count). The maximum Gasteiger partial charge on any atom is 0.408 e. The number of hydrogen-bond acceptors (Lipinski definition) is 5. The van der Waals surface area contributed by atoms with Crippen molar-refractivity contribution in [1.82, 2.24) is 15.5 Å². The molecule has 0 aromatic heterocycles. The van der Waals surface area contributed by atoms with Gasteiger partial charge >= 0.3 is 6.09 Å². The number of amides is 3. The Morgan fingerprint density at radius 2 is 1.62 bits per heavy atom. The summed E-state index contributed by atoms with van der Waals surface area (Å²) in [6, 6.07) is 4.43. The molecule has 4 atom stereocenters. The minimum atomic E-state index is -0.913. The number of carbonyl (C=O) groups is 3. The number of carbonyl (C=O) groups excluding carboxylic acids is 3. The zero-order valence-electron chi connectivity index (χ0n) is 22.0. The number of phenols is 1. The number of likely N-dealkylation sites (N-methyl/N-ethyl adjacent to an activating group) is 1. The molecule has 0 aliphatic heterocycles. The van der Waals surface area contributed by atoms with Gasteiger partial charge in [0.05, 0.1) is 0 Å². The van der Waals surface area contributed by atoms with E-state index in [1.54, 1.807) is 39.8 Å². The van der Waals surface area contributed by atoms with Gasteiger partial charge in [-0.05, 0) is 64.7 Å². The van der Waals surface area contributed by atoms with Gasteiger partial charge in [-0.25, -0.2) is 4.79 Å². The number of ether oxygens (including phenoxy) is 1. The lowest BCUT2D eigenvalue weighted by Gasteiger charge is -2.35. The van der Waals surface area contributed by atoms with E-state index in [2.05, 4.69) is 10.6 Å². The summed E-state index contributed by atoms with van der Waals surface area (Å²) >= 11 is 0. The summed E-state index contributed by atoms with van der Waals surface area (Å²) in [7, 11) is 0. The fraction of sp³-hybridized carbons (Fsp3) is 0.654. The second kappa shape index (κ2) is 13.2. The second-order valence-corrected chi connectivity index (χ2v) is 9.83. The molecule has 8 heteroatoms. The van der Waals surface area contributed by atoms with Gasteiger partial charge in [0.15, 0.2) is 0 Å². The van der Waals surface area contributed by atoms with Gasteiger partial charge < -0.3 is 25.4 Å². The van der Waals surface area contributed by atoms with Crippen molar-refractivity contribution in [3.05, 3.63) is 29.8 Å². The lowest BCUT2D eigenvalue weighted by atomic mass is 9.95. The molecule has 0 aliphatic carbocycles. The number of alkyl carbamates (subject to hydrolysis) is 1. The highest BCUT2D eigenvalue weighted by Crippen LogP contribution is 2.26. The number of phenolic OH excluding ortho intramolecular Hbond substituents is 1. The summed E-state index contributed by atoms with van der Waals surface area (Å²) in [5, 5.41) is 15.5. The van der Waals surface area contributed by atoms with Gasteiger partial charge in [0.25, 0.3) is 0 Å². The van der Waals surface area contributed by atoms with Crippen molar-refractivity contribution in [2.45, 2.75) is 98.4 Å². The van der Waals surface area contributed by atoms with Gasteiger partial charge in [0.2, 0.25) is 11.8 Å². The molecule has 0 spiro atoms. The fourth-order valence-electron chi connectivity index (χ4n) is 3.72. The first-order valence-corrected chi connectivity index (χ1v) is 12.2. The summed E-state index contributed by atoms with van der Waals surface area (Å²) in [4.78, 5) is 41.2. The van der Waals surface area contributed by atoms with Gasteiger partial charge in [-0.1, -0.05) is 45.7 Å². The molecule has 0 heterocycles. The van der Waals surface area contributed by atoms with Crippen molar-refractivity contribution in [3.63, 3.8) is 0 Å². The summed E-state index contributed by atoms with van der Waals surface area (Å²) in [6.45, 7) is 15.1. The molecule has 192 valence electrons. The Morgan fingerprint density at radius 1 is 1.03 bits per heavy atom. The first-order valence-electron chi connectivity index (χ1n) is 12.2. The smallest absolute Gasteiger partial charge is 0.408 e. The molecular weight excluding hydrogens is 434 g/mol. The number of benzene rings is 1. The Balaban J connectivity index is 3.36. The Hall–Kier alpha value is -2.77. The first kappa shape index (κ1) is 29.3. The van der Waals surface area contributed by atoms with E-state index in [0.717, 1.165) is 12.8 Å². The van der Waals surface area contributed by atoms with E-state index in [-0.39, 0.29) is 36.1 Å². The van der Waals surface area contributed by atoms with Crippen molar-refractivity contribution in [2.24, 2.45) is 5.92 Å². The molecular formula is C26H43N3O5. The average molecular weight is 478 g/mol. The highest BCUT2D eigenvalue weighted by atomic mass is 16.6. The Bertz CT molecular complexity index is 804. The average Bonchev–Trinajstić information content (AvgIpc) is 2.74. The van der Waals surface area contributed by atoms with Crippen molar-refractivity contribution < 1.29 is 24.2 Å². The molecule has 0 saturated heterocycles. The number of nitrogens with zero attached hydrogens (tertiary/aromatic N) is 1. The van der Waals surface area contributed by atoms with Crippen LogP contribution in [-0.4, -0.2) is 52.1 Å². The monoisotopic (exact) mass is 477 g/mol. The molecule has 0 saturated carbocycles. The van der Waals surface area contributed by atoms with Gasteiger partial charge in [0.1, 0.15) is 23.4 Å². The van der Waals surface area contributed by atoms with Crippen LogP contribution in [0.4, 0.5) is 4.79 Å². The fourth-order valence-corrected chi connectivity index (χ4v) is 3.72. The predicted molar refractivity (Wildman–Crippen MR) is 133 cm³/mol.